The summed E-state index contributed by atoms with van der Waals surface area (Å²) in [4.78, 5) is 17.2. The van der Waals surface area contributed by atoms with Crippen molar-refractivity contribution in [1.29, 1.82) is 0 Å². The van der Waals surface area contributed by atoms with Gasteiger partial charge >= 0.3 is 0 Å². The van der Waals surface area contributed by atoms with Crippen molar-refractivity contribution in [2.75, 3.05) is 31.6 Å². The molecule has 0 spiro atoms. The van der Waals surface area contributed by atoms with Crippen molar-refractivity contribution in [2.24, 2.45) is 0 Å². The van der Waals surface area contributed by atoms with Crippen LogP contribution in [0.2, 0.25) is 0 Å². The van der Waals surface area contributed by atoms with Crippen LogP contribution in [0.25, 0.3) is 0 Å². The van der Waals surface area contributed by atoms with Crippen molar-refractivity contribution in [3.05, 3.63) is 42.2 Å². The van der Waals surface area contributed by atoms with Gasteiger partial charge in [0.1, 0.15) is 11.4 Å². The number of benzene rings is 1. The zero-order valence-electron chi connectivity index (χ0n) is 15.2. The zero-order chi connectivity index (χ0) is 17.8. The first-order valence-electron chi connectivity index (χ1n) is 8.86. The van der Waals surface area contributed by atoms with Crippen molar-refractivity contribution >= 4 is 11.6 Å². The molecule has 0 unspecified atom stereocenters. The smallest absolute Gasteiger partial charge is 0.272 e. The van der Waals surface area contributed by atoms with Crippen LogP contribution in [0.15, 0.2) is 36.5 Å². The summed E-state index contributed by atoms with van der Waals surface area (Å²) in [5.41, 5.74) is 1.76. The second-order valence-corrected chi connectivity index (χ2v) is 6.41. The lowest BCUT2D eigenvalue weighted by Gasteiger charge is -2.41. The van der Waals surface area contributed by atoms with E-state index in [2.05, 4.69) is 29.9 Å². The first-order valence-corrected chi connectivity index (χ1v) is 8.86. The number of aryl methyl sites for hydroxylation is 1. The zero-order valence-corrected chi connectivity index (χ0v) is 15.2. The molecule has 134 valence electrons. The van der Waals surface area contributed by atoms with E-state index in [0.29, 0.717) is 12.2 Å². The summed E-state index contributed by atoms with van der Waals surface area (Å²) in [5.74, 6) is 0.939. The molecule has 1 saturated heterocycles. The summed E-state index contributed by atoms with van der Waals surface area (Å²) in [5, 5.41) is 4.27. The van der Waals surface area contributed by atoms with Crippen LogP contribution >= 0.6 is 0 Å². The number of piperazine rings is 1. The monoisotopic (exact) mass is 342 g/mol. The van der Waals surface area contributed by atoms with Crippen LogP contribution in [0.5, 0.6) is 5.75 Å². The SMILES string of the molecule is CCCn1nccc1C(=O)N1CCN(c2ccccc2OC)C[C@H]1C. The van der Waals surface area contributed by atoms with Gasteiger partial charge in [0.15, 0.2) is 0 Å². The third-order valence-corrected chi connectivity index (χ3v) is 4.69. The number of nitrogens with zero attached hydrogens (tertiary/aromatic N) is 4. The van der Waals surface area contributed by atoms with Gasteiger partial charge in [-0.05, 0) is 31.5 Å². The highest BCUT2D eigenvalue weighted by Gasteiger charge is 2.30. The van der Waals surface area contributed by atoms with Crippen molar-refractivity contribution in [3.63, 3.8) is 0 Å². The van der Waals surface area contributed by atoms with E-state index in [0.717, 1.165) is 37.5 Å². The van der Waals surface area contributed by atoms with E-state index in [1.165, 1.54) is 0 Å². The first kappa shape index (κ1) is 17.3. The lowest BCUT2D eigenvalue weighted by Crippen LogP contribution is -2.54. The third kappa shape index (κ3) is 3.48. The molecule has 6 nitrogen and oxygen atoms in total. The Labute approximate surface area is 149 Å². The minimum absolute atomic E-state index is 0.0677. The molecule has 1 aliphatic rings. The van der Waals surface area contributed by atoms with Gasteiger partial charge in [-0.1, -0.05) is 19.1 Å². The van der Waals surface area contributed by atoms with Crippen LogP contribution in [-0.4, -0.2) is 53.4 Å². The number of carbonyl (C=O) groups excluding carboxylic acids is 1. The molecule has 0 saturated carbocycles. The number of hydrogen-bond donors (Lipinski definition) is 0. The number of para-hydroxylation sites is 2. The lowest BCUT2D eigenvalue weighted by atomic mass is 10.1. The van der Waals surface area contributed by atoms with Gasteiger partial charge in [0.05, 0.1) is 12.8 Å². The normalized spacial score (nSPS) is 17.6. The summed E-state index contributed by atoms with van der Waals surface area (Å²) < 4.78 is 7.28. The molecular weight excluding hydrogens is 316 g/mol. The highest BCUT2D eigenvalue weighted by atomic mass is 16.5. The molecule has 2 heterocycles. The molecule has 1 aliphatic heterocycles. The molecule has 0 bridgehead atoms. The number of hydrogen-bond acceptors (Lipinski definition) is 4. The molecule has 25 heavy (non-hydrogen) atoms. The maximum absolute atomic E-state index is 13.0. The van der Waals surface area contributed by atoms with E-state index >= 15 is 0 Å². The Kier molecular flexibility index (Phi) is 5.26. The van der Waals surface area contributed by atoms with Gasteiger partial charge in [-0.15, -0.1) is 0 Å². The molecule has 3 rings (SSSR count). The predicted molar refractivity (Wildman–Crippen MR) is 98.2 cm³/mol. The minimum atomic E-state index is 0.0677. The number of carbonyl (C=O) groups is 1. The molecule has 1 aromatic heterocycles. The Morgan fingerprint density at radius 1 is 1.28 bits per heavy atom. The second kappa shape index (κ2) is 7.59. The maximum atomic E-state index is 13.0. The van der Waals surface area contributed by atoms with Gasteiger partial charge < -0.3 is 14.5 Å². The Morgan fingerprint density at radius 3 is 2.80 bits per heavy atom. The highest BCUT2D eigenvalue weighted by molar-refractivity contribution is 5.93. The molecule has 1 aromatic carbocycles. The fourth-order valence-corrected chi connectivity index (χ4v) is 3.42. The van der Waals surface area contributed by atoms with Crippen molar-refractivity contribution < 1.29 is 9.53 Å². The predicted octanol–water partition coefficient (Wildman–Crippen LogP) is 2.65. The highest BCUT2D eigenvalue weighted by Crippen LogP contribution is 2.29. The Bertz CT molecular complexity index is 728. The Morgan fingerprint density at radius 2 is 2.08 bits per heavy atom. The van der Waals surface area contributed by atoms with Gasteiger partial charge in [0, 0.05) is 38.4 Å². The van der Waals surface area contributed by atoms with E-state index in [1.54, 1.807) is 13.3 Å². The number of aromatic nitrogens is 2. The number of amides is 1. The summed E-state index contributed by atoms with van der Waals surface area (Å²) >= 11 is 0. The average Bonchev–Trinajstić information content (AvgIpc) is 3.09. The number of rotatable bonds is 5. The van der Waals surface area contributed by atoms with Crippen LogP contribution in [0.4, 0.5) is 5.69 Å². The minimum Gasteiger partial charge on any atom is -0.495 e. The topological polar surface area (TPSA) is 50.6 Å². The number of ether oxygens (including phenoxy) is 1. The third-order valence-electron chi connectivity index (χ3n) is 4.69. The molecule has 6 heteroatoms. The fourth-order valence-electron chi connectivity index (χ4n) is 3.42. The van der Waals surface area contributed by atoms with Gasteiger partial charge in [-0.25, -0.2) is 0 Å². The molecule has 1 amide bonds. The van der Waals surface area contributed by atoms with Crippen LogP contribution < -0.4 is 9.64 Å². The van der Waals surface area contributed by atoms with Crippen molar-refractivity contribution in [1.82, 2.24) is 14.7 Å². The summed E-state index contributed by atoms with van der Waals surface area (Å²) in [6, 6.07) is 9.97. The lowest BCUT2D eigenvalue weighted by molar-refractivity contribution is 0.0661. The standard InChI is InChI=1S/C19H26N4O2/c1-4-11-23-17(9-10-20-23)19(24)22-13-12-21(14-15(22)2)16-7-5-6-8-18(16)25-3/h5-10,15H,4,11-14H2,1-3H3/t15-/m1/s1. The van der Waals surface area contributed by atoms with Gasteiger partial charge in [-0.3, -0.25) is 9.48 Å². The molecule has 0 aliphatic carbocycles. The maximum Gasteiger partial charge on any atom is 0.272 e. The van der Waals surface area contributed by atoms with Crippen LogP contribution in [0.3, 0.4) is 0 Å². The molecule has 1 fully saturated rings. The summed E-state index contributed by atoms with van der Waals surface area (Å²) in [6.07, 6.45) is 2.66. The van der Waals surface area contributed by atoms with Gasteiger partial charge in [0.2, 0.25) is 0 Å². The summed E-state index contributed by atoms with van der Waals surface area (Å²) in [7, 11) is 1.69. The van der Waals surface area contributed by atoms with Crippen molar-refractivity contribution in [3.8, 4) is 5.75 Å². The summed E-state index contributed by atoms with van der Waals surface area (Å²) in [6.45, 7) is 7.22. The molecule has 2 aromatic rings. The van der Waals surface area contributed by atoms with E-state index in [9.17, 15) is 4.79 Å². The van der Waals surface area contributed by atoms with Crippen LogP contribution in [0.1, 0.15) is 30.8 Å². The van der Waals surface area contributed by atoms with Gasteiger partial charge in [0.25, 0.3) is 5.91 Å². The van der Waals surface area contributed by atoms with Crippen molar-refractivity contribution in [2.45, 2.75) is 32.9 Å². The second-order valence-electron chi connectivity index (χ2n) is 6.41. The molecular formula is C19H26N4O2. The van der Waals surface area contributed by atoms with Gasteiger partial charge in [-0.2, -0.15) is 5.10 Å². The average molecular weight is 342 g/mol. The van der Waals surface area contributed by atoms with E-state index in [4.69, 9.17) is 4.74 Å². The largest absolute Gasteiger partial charge is 0.495 e. The Balaban J connectivity index is 1.73. The van der Waals surface area contributed by atoms with Crippen LogP contribution in [0, 0.1) is 0 Å². The molecule has 0 N–H and O–H groups in total. The quantitative estimate of drug-likeness (QED) is 0.838. The number of methoxy groups -OCH3 is 1. The number of anilines is 1. The van der Waals surface area contributed by atoms with Crippen LogP contribution in [-0.2, 0) is 6.54 Å². The first-order chi connectivity index (χ1) is 12.2. The molecule has 0 radical (unpaired) electrons. The Hall–Kier alpha value is -2.50. The van der Waals surface area contributed by atoms with E-state index in [-0.39, 0.29) is 11.9 Å². The molecule has 1 atom stereocenters. The van der Waals surface area contributed by atoms with E-state index in [1.807, 2.05) is 33.8 Å². The fraction of sp³-hybridized carbons (Fsp3) is 0.474. The van der Waals surface area contributed by atoms with E-state index < -0.39 is 0 Å².